The third kappa shape index (κ3) is 4.00. The Kier molecular flexibility index (Phi) is 5.18. The van der Waals surface area contributed by atoms with Gasteiger partial charge in [-0.05, 0) is 57.4 Å². The van der Waals surface area contributed by atoms with Gasteiger partial charge >= 0.3 is 5.97 Å². The Morgan fingerprint density at radius 2 is 2.00 bits per heavy atom. The number of carboxylic acids is 1. The predicted molar refractivity (Wildman–Crippen MR) is 99.2 cm³/mol. The van der Waals surface area contributed by atoms with E-state index in [1.165, 1.54) is 4.68 Å². The van der Waals surface area contributed by atoms with Gasteiger partial charge in [0.05, 0.1) is 0 Å². The van der Waals surface area contributed by atoms with E-state index in [0.717, 1.165) is 23.2 Å². The molecule has 136 valence electrons. The molecule has 2 aromatic heterocycles. The zero-order chi connectivity index (χ0) is 18.7. The monoisotopic (exact) mass is 354 g/mol. The number of benzene rings is 1. The third-order valence-corrected chi connectivity index (χ3v) is 3.88. The van der Waals surface area contributed by atoms with Crippen LogP contribution in [0.25, 0.3) is 22.3 Å². The number of rotatable bonds is 7. The second kappa shape index (κ2) is 7.53. The second-order valence-electron chi connectivity index (χ2n) is 6.49. The van der Waals surface area contributed by atoms with Crippen molar-refractivity contribution in [2.45, 2.75) is 19.6 Å². The van der Waals surface area contributed by atoms with E-state index < -0.39 is 5.97 Å². The van der Waals surface area contributed by atoms with E-state index in [1.54, 1.807) is 6.20 Å². The molecule has 0 aliphatic rings. The van der Waals surface area contributed by atoms with E-state index in [0.29, 0.717) is 11.3 Å². The third-order valence-electron chi connectivity index (χ3n) is 3.88. The molecule has 0 unspecified atom stereocenters. The first-order chi connectivity index (χ1) is 12.4. The summed E-state index contributed by atoms with van der Waals surface area (Å²) in [6, 6.07) is 11.4. The fourth-order valence-corrected chi connectivity index (χ4v) is 2.94. The van der Waals surface area contributed by atoms with E-state index in [4.69, 9.17) is 9.84 Å². The van der Waals surface area contributed by atoms with Gasteiger partial charge in [0.25, 0.3) is 0 Å². The molecular weight excluding hydrogens is 332 g/mol. The summed E-state index contributed by atoms with van der Waals surface area (Å²) in [5, 5.41) is 14.4. The van der Waals surface area contributed by atoms with Gasteiger partial charge in [-0.15, -0.1) is 0 Å². The first-order valence-corrected chi connectivity index (χ1v) is 8.39. The Morgan fingerprint density at radius 3 is 2.65 bits per heavy atom. The minimum Gasteiger partial charge on any atom is -0.489 e. The molecule has 3 aromatic rings. The van der Waals surface area contributed by atoms with E-state index in [9.17, 15) is 4.79 Å². The minimum atomic E-state index is -0.953. The fraction of sp³-hybridized carbons (Fsp3) is 0.316. The molecule has 1 aromatic carbocycles. The fourth-order valence-electron chi connectivity index (χ4n) is 2.94. The zero-order valence-corrected chi connectivity index (χ0v) is 15.1. The van der Waals surface area contributed by atoms with E-state index >= 15 is 0 Å². The summed E-state index contributed by atoms with van der Waals surface area (Å²) in [5.41, 5.74) is 2.16. The van der Waals surface area contributed by atoms with Crippen molar-refractivity contribution >= 4 is 17.0 Å². The van der Waals surface area contributed by atoms with Crippen LogP contribution in [0, 0.1) is 0 Å². The number of likely N-dealkylation sites (N-methyl/N-ethyl adjacent to an activating group) is 1. The molecular formula is C19H22N4O3. The Morgan fingerprint density at radius 1 is 1.27 bits per heavy atom. The summed E-state index contributed by atoms with van der Waals surface area (Å²) < 4.78 is 7.32. The van der Waals surface area contributed by atoms with Crippen molar-refractivity contribution in [1.29, 1.82) is 0 Å². The van der Waals surface area contributed by atoms with Crippen LogP contribution >= 0.6 is 0 Å². The first-order valence-electron chi connectivity index (χ1n) is 8.39. The molecule has 0 saturated carbocycles. The van der Waals surface area contributed by atoms with Crippen molar-refractivity contribution in [1.82, 2.24) is 19.7 Å². The maximum Gasteiger partial charge on any atom is 0.325 e. The lowest BCUT2D eigenvalue weighted by atomic mass is 10.1. The van der Waals surface area contributed by atoms with Crippen molar-refractivity contribution in [3.05, 3.63) is 42.6 Å². The molecule has 7 nitrogen and oxygen atoms in total. The molecule has 0 bridgehead atoms. The van der Waals surface area contributed by atoms with Gasteiger partial charge < -0.3 is 14.7 Å². The maximum atomic E-state index is 11.1. The number of pyridine rings is 1. The molecule has 7 heteroatoms. The number of hydrogen-bond acceptors (Lipinski definition) is 5. The number of aliphatic carboxylic acids is 1. The van der Waals surface area contributed by atoms with Crippen molar-refractivity contribution < 1.29 is 14.6 Å². The topological polar surface area (TPSA) is 80.5 Å². The van der Waals surface area contributed by atoms with Crippen LogP contribution in [-0.2, 0) is 11.3 Å². The van der Waals surface area contributed by atoms with E-state index in [-0.39, 0.29) is 12.6 Å². The van der Waals surface area contributed by atoms with Gasteiger partial charge in [-0.25, -0.2) is 9.67 Å². The normalized spacial score (nSPS) is 12.5. The van der Waals surface area contributed by atoms with E-state index in [1.807, 2.05) is 57.4 Å². The highest BCUT2D eigenvalue weighted by Gasteiger charge is 2.15. The number of hydrogen-bond donors (Lipinski definition) is 1. The number of carbonyl (C=O) groups is 1. The average molecular weight is 354 g/mol. The highest BCUT2D eigenvalue weighted by atomic mass is 16.5. The smallest absolute Gasteiger partial charge is 0.325 e. The Bertz CT molecular complexity index is 903. The van der Waals surface area contributed by atoms with Crippen LogP contribution in [0.1, 0.15) is 6.92 Å². The van der Waals surface area contributed by atoms with Crippen LogP contribution in [-0.4, -0.2) is 57.5 Å². The quantitative estimate of drug-likeness (QED) is 0.702. The van der Waals surface area contributed by atoms with Gasteiger partial charge in [0.15, 0.2) is 5.65 Å². The summed E-state index contributed by atoms with van der Waals surface area (Å²) in [5.74, 6) is -0.166. The maximum absolute atomic E-state index is 11.1. The van der Waals surface area contributed by atoms with Gasteiger partial charge in [0.2, 0.25) is 0 Å². The highest BCUT2D eigenvalue weighted by Crippen LogP contribution is 2.28. The molecule has 0 aliphatic carbocycles. The summed E-state index contributed by atoms with van der Waals surface area (Å²) in [6.45, 7) is 2.63. The summed E-state index contributed by atoms with van der Waals surface area (Å²) in [4.78, 5) is 17.4. The lowest BCUT2D eigenvalue weighted by Gasteiger charge is -2.18. The van der Waals surface area contributed by atoms with Crippen LogP contribution < -0.4 is 4.74 Å². The Balaban J connectivity index is 1.88. The molecule has 0 amide bonds. The van der Waals surface area contributed by atoms with Crippen molar-refractivity contribution in [2.75, 3.05) is 20.6 Å². The molecule has 1 N–H and O–H groups in total. The minimum absolute atomic E-state index is 0.0793. The van der Waals surface area contributed by atoms with Crippen LogP contribution in [0.5, 0.6) is 5.75 Å². The number of nitrogens with zero attached hydrogens (tertiary/aromatic N) is 4. The van der Waals surface area contributed by atoms with Crippen molar-refractivity contribution in [3.63, 3.8) is 0 Å². The molecule has 0 saturated heterocycles. The second-order valence-corrected chi connectivity index (χ2v) is 6.49. The Labute approximate surface area is 151 Å². The summed E-state index contributed by atoms with van der Waals surface area (Å²) in [7, 11) is 4.02. The molecule has 0 fully saturated rings. The van der Waals surface area contributed by atoms with Crippen molar-refractivity contribution in [3.8, 4) is 17.0 Å². The highest BCUT2D eigenvalue weighted by molar-refractivity contribution is 5.91. The molecule has 1 atom stereocenters. The SMILES string of the molecule is C[C@@H](CN(C)C)Oc1ccc(-c2nn(CC(=O)O)c3ncccc23)cc1. The van der Waals surface area contributed by atoms with Gasteiger partial charge in [0, 0.05) is 23.7 Å². The lowest BCUT2D eigenvalue weighted by molar-refractivity contribution is -0.137. The van der Waals surface area contributed by atoms with Crippen molar-refractivity contribution in [2.24, 2.45) is 0 Å². The van der Waals surface area contributed by atoms with Crippen LogP contribution in [0.4, 0.5) is 0 Å². The molecule has 2 heterocycles. The largest absolute Gasteiger partial charge is 0.489 e. The zero-order valence-electron chi connectivity index (χ0n) is 15.1. The molecule has 0 radical (unpaired) electrons. The molecule has 0 spiro atoms. The van der Waals surface area contributed by atoms with E-state index in [2.05, 4.69) is 15.0 Å². The van der Waals surface area contributed by atoms with Crippen LogP contribution in [0.15, 0.2) is 42.6 Å². The van der Waals surface area contributed by atoms with Gasteiger partial charge in [-0.3, -0.25) is 4.79 Å². The summed E-state index contributed by atoms with van der Waals surface area (Å²) in [6.07, 6.45) is 1.71. The first kappa shape index (κ1) is 17.9. The van der Waals surface area contributed by atoms with Gasteiger partial charge in [0.1, 0.15) is 24.1 Å². The Hall–Kier alpha value is -2.93. The molecule has 0 aliphatic heterocycles. The lowest BCUT2D eigenvalue weighted by Crippen LogP contribution is -2.27. The number of ether oxygens (including phenoxy) is 1. The van der Waals surface area contributed by atoms with Crippen LogP contribution in [0.2, 0.25) is 0 Å². The number of carboxylic acid groups (broad SMARTS) is 1. The molecule has 26 heavy (non-hydrogen) atoms. The average Bonchev–Trinajstić information content (AvgIpc) is 2.93. The number of aromatic nitrogens is 3. The van der Waals surface area contributed by atoms with Gasteiger partial charge in [-0.2, -0.15) is 5.10 Å². The standard InChI is InChI=1S/C19H22N4O3/c1-13(11-22(2)3)26-15-8-6-14(7-9-15)18-16-5-4-10-20-19(16)23(21-18)12-17(24)25/h4-10,13H,11-12H2,1-3H3,(H,24,25)/t13-/m0/s1. The number of fused-ring (bicyclic) bond motifs is 1. The molecule has 3 rings (SSSR count). The summed E-state index contributed by atoms with van der Waals surface area (Å²) >= 11 is 0. The predicted octanol–water partition coefficient (Wildman–Crippen LogP) is 2.51. The van der Waals surface area contributed by atoms with Gasteiger partial charge in [-0.1, -0.05) is 0 Å². The van der Waals surface area contributed by atoms with Crippen LogP contribution in [0.3, 0.4) is 0 Å².